The minimum Gasteiger partial charge on any atom is -0.294 e. The first-order valence-corrected chi connectivity index (χ1v) is 7.40. The van der Waals surface area contributed by atoms with E-state index in [1.165, 1.54) is 0 Å². The second-order valence-electron chi connectivity index (χ2n) is 7.35. The standard InChI is InChI=1S/C16H21N3O2/c1-15(2,3)10-4-6-16(7-5-10)11(8-17)13(20)19-14(21)12(16)9-18/h10-12H,4-7H2,1-3H3,(H,19,20,21)/t11-,12-/m0/s1. The van der Waals surface area contributed by atoms with Gasteiger partial charge in [0.05, 0.1) is 12.1 Å². The van der Waals surface area contributed by atoms with E-state index >= 15 is 0 Å². The molecule has 0 aromatic rings. The monoisotopic (exact) mass is 287 g/mol. The Bertz CT molecular complexity index is 505. The van der Waals surface area contributed by atoms with Crippen molar-refractivity contribution in [2.45, 2.75) is 46.5 Å². The molecule has 1 N–H and O–H groups in total. The van der Waals surface area contributed by atoms with Crippen LogP contribution < -0.4 is 5.32 Å². The lowest BCUT2D eigenvalue weighted by atomic mass is 9.54. The summed E-state index contributed by atoms with van der Waals surface area (Å²) in [6.45, 7) is 6.54. The number of carbonyl (C=O) groups excluding carboxylic acids is 2. The highest BCUT2D eigenvalue weighted by Crippen LogP contribution is 2.54. The molecule has 0 radical (unpaired) electrons. The van der Waals surface area contributed by atoms with Crippen molar-refractivity contribution in [3.8, 4) is 12.1 Å². The van der Waals surface area contributed by atoms with Gasteiger partial charge in [-0.3, -0.25) is 14.9 Å². The number of nitrogens with zero attached hydrogens (tertiary/aromatic N) is 2. The number of nitriles is 2. The fourth-order valence-electron chi connectivity index (χ4n) is 3.93. The lowest BCUT2D eigenvalue weighted by Crippen LogP contribution is -2.58. The predicted octanol–water partition coefficient (Wildman–Crippen LogP) is 2.15. The van der Waals surface area contributed by atoms with Crippen LogP contribution in [0, 0.1) is 51.2 Å². The van der Waals surface area contributed by atoms with E-state index in [9.17, 15) is 20.1 Å². The molecule has 2 fully saturated rings. The van der Waals surface area contributed by atoms with E-state index < -0.39 is 29.1 Å². The van der Waals surface area contributed by atoms with E-state index in [2.05, 4.69) is 26.1 Å². The minimum absolute atomic E-state index is 0.160. The zero-order chi connectivity index (χ0) is 15.8. The molecule has 2 amide bonds. The van der Waals surface area contributed by atoms with Gasteiger partial charge < -0.3 is 0 Å². The Balaban J connectivity index is 2.34. The molecule has 1 saturated heterocycles. The summed E-state index contributed by atoms with van der Waals surface area (Å²) >= 11 is 0. The lowest BCUT2D eigenvalue weighted by Gasteiger charge is -2.48. The fraction of sp³-hybridized carbons (Fsp3) is 0.750. The quantitative estimate of drug-likeness (QED) is 0.691. The Morgan fingerprint density at radius 2 is 1.48 bits per heavy atom. The number of amides is 2. The van der Waals surface area contributed by atoms with E-state index in [1.807, 2.05) is 12.1 Å². The lowest BCUT2D eigenvalue weighted by molar-refractivity contribution is -0.147. The maximum absolute atomic E-state index is 12.0. The molecule has 1 aliphatic carbocycles. The van der Waals surface area contributed by atoms with Crippen molar-refractivity contribution in [2.75, 3.05) is 0 Å². The van der Waals surface area contributed by atoms with Crippen LogP contribution in [0.1, 0.15) is 46.5 Å². The van der Waals surface area contributed by atoms with Crippen LogP contribution in [0.2, 0.25) is 0 Å². The van der Waals surface area contributed by atoms with Gasteiger partial charge in [0, 0.05) is 5.41 Å². The van der Waals surface area contributed by atoms with Gasteiger partial charge in [-0.2, -0.15) is 10.5 Å². The number of hydrogen-bond acceptors (Lipinski definition) is 4. The molecule has 0 aromatic carbocycles. The number of carbonyl (C=O) groups is 2. The molecule has 2 rings (SSSR count). The molecular formula is C16H21N3O2. The first kappa shape index (κ1) is 15.5. The van der Waals surface area contributed by atoms with Gasteiger partial charge in [-0.15, -0.1) is 0 Å². The van der Waals surface area contributed by atoms with Crippen LogP contribution in [0.3, 0.4) is 0 Å². The van der Waals surface area contributed by atoms with Gasteiger partial charge in [-0.25, -0.2) is 0 Å². The van der Waals surface area contributed by atoms with Gasteiger partial charge in [0.2, 0.25) is 11.8 Å². The molecule has 1 aliphatic heterocycles. The zero-order valence-corrected chi connectivity index (χ0v) is 12.8. The van der Waals surface area contributed by atoms with E-state index in [0.29, 0.717) is 18.8 Å². The van der Waals surface area contributed by atoms with E-state index in [-0.39, 0.29) is 5.41 Å². The maximum atomic E-state index is 12.0. The summed E-state index contributed by atoms with van der Waals surface area (Å²) in [6, 6.07) is 4.07. The second-order valence-corrected chi connectivity index (χ2v) is 7.35. The minimum atomic E-state index is -0.902. The highest BCUT2D eigenvalue weighted by atomic mass is 16.2. The molecule has 2 aliphatic rings. The highest BCUT2D eigenvalue weighted by Gasteiger charge is 2.57. The average Bonchev–Trinajstić information content (AvgIpc) is 2.38. The second kappa shape index (κ2) is 5.15. The third-order valence-electron chi connectivity index (χ3n) is 5.32. The molecule has 1 saturated carbocycles. The fourth-order valence-corrected chi connectivity index (χ4v) is 3.93. The molecule has 0 aromatic heterocycles. The Morgan fingerprint density at radius 3 is 1.81 bits per heavy atom. The Labute approximate surface area is 125 Å². The predicted molar refractivity (Wildman–Crippen MR) is 75.2 cm³/mol. The summed E-state index contributed by atoms with van der Waals surface area (Å²) < 4.78 is 0. The van der Waals surface area contributed by atoms with Crippen LogP contribution in [0.5, 0.6) is 0 Å². The largest absolute Gasteiger partial charge is 0.294 e. The van der Waals surface area contributed by atoms with Gasteiger partial charge in [0.1, 0.15) is 11.8 Å². The van der Waals surface area contributed by atoms with Crippen LogP contribution in [0.15, 0.2) is 0 Å². The number of hydrogen-bond donors (Lipinski definition) is 1. The first-order chi connectivity index (χ1) is 9.76. The van der Waals surface area contributed by atoms with Crippen LogP contribution in [-0.4, -0.2) is 11.8 Å². The summed E-state index contributed by atoms with van der Waals surface area (Å²) in [6.07, 6.45) is 2.87. The van der Waals surface area contributed by atoms with E-state index in [4.69, 9.17) is 0 Å². The third kappa shape index (κ3) is 2.42. The third-order valence-corrected chi connectivity index (χ3v) is 5.32. The molecule has 0 unspecified atom stereocenters. The van der Waals surface area contributed by atoms with Crippen molar-refractivity contribution < 1.29 is 9.59 Å². The van der Waals surface area contributed by atoms with Gasteiger partial charge in [0.15, 0.2) is 0 Å². The van der Waals surface area contributed by atoms with Crippen molar-refractivity contribution >= 4 is 11.8 Å². The highest BCUT2D eigenvalue weighted by molar-refractivity contribution is 6.03. The molecule has 1 spiro atoms. The molecule has 5 nitrogen and oxygen atoms in total. The van der Waals surface area contributed by atoms with Gasteiger partial charge in [0.25, 0.3) is 0 Å². The van der Waals surface area contributed by atoms with Gasteiger partial charge >= 0.3 is 0 Å². The number of rotatable bonds is 0. The van der Waals surface area contributed by atoms with Crippen LogP contribution in [-0.2, 0) is 9.59 Å². The molecule has 0 bridgehead atoms. The van der Waals surface area contributed by atoms with Gasteiger partial charge in [-0.1, -0.05) is 20.8 Å². The smallest absolute Gasteiger partial charge is 0.244 e. The van der Waals surface area contributed by atoms with Crippen molar-refractivity contribution in [1.82, 2.24) is 5.32 Å². The maximum Gasteiger partial charge on any atom is 0.244 e. The van der Waals surface area contributed by atoms with Crippen LogP contribution in [0.25, 0.3) is 0 Å². The molecule has 5 heteroatoms. The Morgan fingerprint density at radius 1 is 1.05 bits per heavy atom. The summed E-state index contributed by atoms with van der Waals surface area (Å²) in [5.74, 6) is -2.39. The first-order valence-electron chi connectivity index (χ1n) is 7.40. The number of nitrogens with one attached hydrogen (secondary N) is 1. The summed E-state index contributed by atoms with van der Waals surface area (Å²) in [7, 11) is 0. The topological polar surface area (TPSA) is 93.8 Å². The summed E-state index contributed by atoms with van der Waals surface area (Å²) in [4.78, 5) is 24.0. The molecule has 112 valence electrons. The molecule has 2 atom stereocenters. The summed E-state index contributed by atoms with van der Waals surface area (Å²) in [5, 5.41) is 20.9. The Kier molecular flexibility index (Phi) is 3.80. The molecule has 21 heavy (non-hydrogen) atoms. The van der Waals surface area contributed by atoms with Crippen molar-refractivity contribution in [1.29, 1.82) is 10.5 Å². The average molecular weight is 287 g/mol. The van der Waals surface area contributed by atoms with E-state index in [1.54, 1.807) is 0 Å². The van der Waals surface area contributed by atoms with E-state index in [0.717, 1.165) is 12.8 Å². The molecular weight excluding hydrogens is 266 g/mol. The number of imide groups is 1. The normalized spacial score (nSPS) is 29.6. The van der Waals surface area contributed by atoms with Crippen LogP contribution >= 0.6 is 0 Å². The van der Waals surface area contributed by atoms with Crippen molar-refractivity contribution in [3.05, 3.63) is 0 Å². The zero-order valence-electron chi connectivity index (χ0n) is 12.8. The van der Waals surface area contributed by atoms with Crippen molar-refractivity contribution in [2.24, 2.45) is 28.6 Å². The van der Waals surface area contributed by atoms with Crippen LogP contribution in [0.4, 0.5) is 0 Å². The number of piperidine rings is 1. The van der Waals surface area contributed by atoms with Gasteiger partial charge in [-0.05, 0) is 37.0 Å². The molecule has 1 heterocycles. The summed E-state index contributed by atoms with van der Waals surface area (Å²) in [5.41, 5.74) is -0.641. The SMILES string of the molecule is CC(C)(C)C1CCC2(CC1)[C@@H](C#N)C(=O)NC(=O)[C@@H]2C#N. The Hall–Kier alpha value is -1.88. The van der Waals surface area contributed by atoms with Crippen molar-refractivity contribution in [3.63, 3.8) is 0 Å².